The Hall–Kier alpha value is -3.57. The van der Waals surface area contributed by atoms with Gasteiger partial charge in [-0.05, 0) is 46.7 Å². The lowest BCUT2D eigenvalue weighted by atomic mass is 10.1. The van der Waals surface area contributed by atoms with E-state index in [2.05, 4.69) is 4.98 Å². The topological polar surface area (TPSA) is 39.2 Å². The van der Waals surface area contributed by atoms with Gasteiger partial charge in [0, 0.05) is 11.8 Å². The lowest BCUT2D eigenvalue weighted by Gasteiger charge is -2.27. The first kappa shape index (κ1) is 20.7. The summed E-state index contributed by atoms with van der Waals surface area (Å²) in [6, 6.07) is 29.0. The van der Waals surface area contributed by atoms with Crippen LogP contribution in [0.2, 0.25) is 0 Å². The molecule has 0 bridgehead atoms. The molecule has 31 heavy (non-hydrogen) atoms. The van der Waals surface area contributed by atoms with Gasteiger partial charge in [0.05, 0.1) is 17.9 Å². The smallest absolute Gasteiger partial charge is 0.340 e. The number of aromatic nitrogens is 1. The molecule has 0 saturated carbocycles. The Kier molecular flexibility index (Phi) is 6.05. The molecule has 0 atom stereocenters. The molecule has 3 aromatic carbocycles. The molecule has 0 amide bonds. The number of carbonyl (C=O) groups excluding carboxylic acids is 1. The van der Waals surface area contributed by atoms with Gasteiger partial charge in [0.2, 0.25) is 0 Å². The number of benzene rings is 3. The lowest BCUT2D eigenvalue weighted by Crippen LogP contribution is -2.64. The first-order chi connectivity index (χ1) is 15.1. The fourth-order valence-corrected chi connectivity index (χ4v) is 6.93. The van der Waals surface area contributed by atoms with Crippen LogP contribution in [-0.2, 0) is 4.74 Å². The number of carbonyl (C=O) groups is 1. The maximum absolute atomic E-state index is 17.5. The van der Waals surface area contributed by atoms with Gasteiger partial charge in [-0.15, -0.1) is 0 Å². The van der Waals surface area contributed by atoms with Crippen LogP contribution in [0.25, 0.3) is 11.3 Å². The second kappa shape index (κ2) is 9.06. The van der Waals surface area contributed by atoms with Crippen LogP contribution >= 0.6 is 0 Å². The summed E-state index contributed by atoms with van der Waals surface area (Å²) >= 11 is 0. The zero-order chi connectivity index (χ0) is 21.7. The van der Waals surface area contributed by atoms with E-state index in [9.17, 15) is 4.79 Å². The Morgan fingerprint density at radius 2 is 1.48 bits per heavy atom. The minimum absolute atomic E-state index is 0.256. The molecular weight excluding hydrogens is 405 g/mol. The van der Waals surface area contributed by atoms with E-state index in [4.69, 9.17) is 4.74 Å². The normalized spacial score (nSPS) is 11.2. The summed E-state index contributed by atoms with van der Waals surface area (Å²) in [5.74, 6) is -0.464. The zero-order valence-corrected chi connectivity index (χ0v) is 18.2. The average Bonchev–Trinajstić information content (AvgIpc) is 2.85. The van der Waals surface area contributed by atoms with Gasteiger partial charge >= 0.3 is 14.4 Å². The first-order valence-corrected chi connectivity index (χ1v) is 12.1. The quantitative estimate of drug-likeness (QED) is 0.203. The van der Waals surface area contributed by atoms with Gasteiger partial charge in [0.1, 0.15) is 0 Å². The second-order valence-electron chi connectivity index (χ2n) is 7.09. The van der Waals surface area contributed by atoms with Crippen molar-refractivity contribution in [3.63, 3.8) is 0 Å². The molecule has 0 saturated heterocycles. The lowest BCUT2D eigenvalue weighted by molar-refractivity contribution is 0.0526. The van der Waals surface area contributed by atoms with E-state index in [0.29, 0.717) is 32.4 Å². The molecule has 4 rings (SSSR count). The highest BCUT2D eigenvalue weighted by Crippen LogP contribution is 2.21. The molecule has 0 aliphatic rings. The Balaban J connectivity index is 2.03. The second-order valence-corrected chi connectivity index (χ2v) is 10.1. The van der Waals surface area contributed by atoms with Crippen LogP contribution in [0.3, 0.4) is 0 Å². The number of hydrogen-bond acceptors (Lipinski definition) is 3. The van der Waals surface area contributed by atoms with Gasteiger partial charge in [-0.3, -0.25) is 9.09 Å². The highest BCUT2D eigenvalue weighted by Gasteiger charge is 2.43. The van der Waals surface area contributed by atoms with Gasteiger partial charge in [-0.2, -0.15) is 0 Å². The summed E-state index contributed by atoms with van der Waals surface area (Å²) in [5.41, 5.74) is 1.67. The highest BCUT2D eigenvalue weighted by molar-refractivity contribution is 7.07. The van der Waals surface area contributed by atoms with E-state index in [1.54, 1.807) is 31.3 Å². The maximum Gasteiger partial charge on any atom is 0.340 e. The monoisotopic (exact) mass is 427 g/mol. The average molecular weight is 428 g/mol. The van der Waals surface area contributed by atoms with E-state index in [-0.39, 0.29) is 6.61 Å². The molecule has 0 aliphatic carbocycles. The standard InChI is InChI=1S/C26H22FNO2Si/c1-2-30-26(29)20-16-17-23(24-15-9-10-18-28-24)25(19-20)31(27,21-11-5-3-6-12-21)22-13-7-4-8-14-22/h3-19H,2H2,1H3. The SMILES string of the molecule is CCOC(=O)c1ccc(-c2ccccn2)c([Si](F)(c2ccccc2)c2ccccc2)c1. The predicted molar refractivity (Wildman–Crippen MR) is 124 cm³/mol. The van der Waals surface area contributed by atoms with Crippen molar-refractivity contribution in [2.45, 2.75) is 6.92 Å². The Morgan fingerprint density at radius 3 is 2.03 bits per heavy atom. The summed E-state index contributed by atoms with van der Waals surface area (Å²) in [4.78, 5) is 17.0. The van der Waals surface area contributed by atoms with Crippen molar-refractivity contribution in [1.82, 2.24) is 4.98 Å². The van der Waals surface area contributed by atoms with E-state index in [0.717, 1.165) is 0 Å². The maximum atomic E-state index is 17.5. The molecule has 1 aromatic heterocycles. The third kappa shape index (κ3) is 4.05. The van der Waals surface area contributed by atoms with E-state index >= 15 is 4.11 Å². The van der Waals surface area contributed by atoms with E-state index < -0.39 is 14.4 Å². The van der Waals surface area contributed by atoms with Gasteiger partial charge in [-0.1, -0.05) is 72.8 Å². The molecule has 4 aromatic rings. The number of halogens is 1. The van der Waals surface area contributed by atoms with Crippen molar-refractivity contribution in [3.05, 3.63) is 109 Å². The molecule has 0 unspecified atom stereocenters. The van der Waals surface area contributed by atoms with Gasteiger partial charge in [0.25, 0.3) is 0 Å². The van der Waals surface area contributed by atoms with E-state index in [1.165, 1.54) is 0 Å². The number of hydrogen-bond donors (Lipinski definition) is 0. The van der Waals surface area contributed by atoms with Gasteiger partial charge < -0.3 is 4.74 Å². The molecular formula is C26H22FNO2Si. The van der Waals surface area contributed by atoms with Crippen LogP contribution in [-0.4, -0.2) is 26.0 Å². The Labute approximate surface area is 182 Å². The first-order valence-electron chi connectivity index (χ1n) is 10.2. The molecule has 5 heteroatoms. The zero-order valence-electron chi connectivity index (χ0n) is 17.2. The largest absolute Gasteiger partial charge is 0.462 e. The molecule has 0 spiro atoms. The number of ether oxygens (including phenoxy) is 1. The molecule has 0 fully saturated rings. The van der Waals surface area contributed by atoms with Crippen molar-refractivity contribution in [2.24, 2.45) is 0 Å². The number of pyridine rings is 1. The summed E-state index contributed by atoms with van der Waals surface area (Å²) in [6.07, 6.45) is 1.69. The van der Waals surface area contributed by atoms with E-state index in [1.807, 2.05) is 78.9 Å². The van der Waals surface area contributed by atoms with Crippen molar-refractivity contribution >= 4 is 29.9 Å². The van der Waals surface area contributed by atoms with Crippen molar-refractivity contribution in [2.75, 3.05) is 6.61 Å². The minimum atomic E-state index is -3.95. The van der Waals surface area contributed by atoms with Gasteiger partial charge in [0.15, 0.2) is 0 Å². The summed E-state index contributed by atoms with van der Waals surface area (Å²) in [5, 5.41) is 1.70. The minimum Gasteiger partial charge on any atom is -0.462 e. The van der Waals surface area contributed by atoms with Crippen molar-refractivity contribution in [3.8, 4) is 11.3 Å². The molecule has 1 heterocycles. The Morgan fingerprint density at radius 1 is 0.871 bits per heavy atom. The summed E-state index contributed by atoms with van der Waals surface area (Å²) in [6.45, 7) is 2.01. The summed E-state index contributed by atoms with van der Waals surface area (Å²) < 4.78 is 22.7. The third-order valence-electron chi connectivity index (χ3n) is 5.19. The van der Waals surface area contributed by atoms with Crippen LogP contribution in [0.1, 0.15) is 17.3 Å². The van der Waals surface area contributed by atoms with Crippen molar-refractivity contribution in [1.29, 1.82) is 0 Å². The van der Waals surface area contributed by atoms with Crippen LogP contribution in [0.15, 0.2) is 103 Å². The molecule has 0 aliphatic heterocycles. The molecule has 3 nitrogen and oxygen atoms in total. The highest BCUT2D eigenvalue weighted by atomic mass is 28.4. The van der Waals surface area contributed by atoms with Crippen molar-refractivity contribution < 1.29 is 13.6 Å². The summed E-state index contributed by atoms with van der Waals surface area (Å²) in [7, 11) is -3.95. The number of rotatable bonds is 6. The molecule has 0 N–H and O–H groups in total. The fraction of sp³-hybridized carbons (Fsp3) is 0.0769. The Bertz CT molecular complexity index is 1130. The van der Waals surface area contributed by atoms with Crippen LogP contribution in [0.5, 0.6) is 0 Å². The molecule has 0 radical (unpaired) electrons. The van der Waals surface area contributed by atoms with Crippen LogP contribution in [0.4, 0.5) is 4.11 Å². The fourth-order valence-electron chi connectivity index (χ4n) is 3.73. The van der Waals surface area contributed by atoms with Gasteiger partial charge in [-0.25, -0.2) is 4.79 Å². The molecule has 154 valence electrons. The predicted octanol–water partition coefficient (Wildman–Crippen LogP) is 3.86. The van der Waals surface area contributed by atoms with Crippen LogP contribution in [0, 0.1) is 0 Å². The third-order valence-corrected chi connectivity index (χ3v) is 8.60. The van der Waals surface area contributed by atoms with Crippen LogP contribution < -0.4 is 15.6 Å². The number of esters is 1. The number of nitrogens with zero attached hydrogens (tertiary/aromatic N) is 1.